The Morgan fingerprint density at radius 2 is 2.00 bits per heavy atom. The van der Waals surface area contributed by atoms with Crippen LogP contribution in [-0.4, -0.2) is 31.7 Å². The fraction of sp³-hybridized carbons (Fsp3) is 0.190. The number of hydrogen-bond acceptors (Lipinski definition) is 5. The highest BCUT2D eigenvalue weighted by Gasteiger charge is 2.11. The van der Waals surface area contributed by atoms with Gasteiger partial charge in [0.25, 0.3) is 0 Å². The van der Waals surface area contributed by atoms with Gasteiger partial charge in [0.2, 0.25) is 11.8 Å². The second-order valence-electron chi connectivity index (χ2n) is 5.99. The topological polar surface area (TPSA) is 89.0 Å². The standard InChI is InChI=1S/C21H21ClIN3O4/c1-3-9-30-21-17(23)10-14(11-18(21)29-2)13-24-26-20(28)8-7-19(27)25-16-6-4-5-15(22)12-16/h3-6,10-13H,1,7-9H2,2H3,(H,25,27)(H,26,28). The maximum atomic E-state index is 11.9. The minimum absolute atomic E-state index is 0.00107. The summed E-state index contributed by atoms with van der Waals surface area (Å²) in [6.07, 6.45) is 3.16. The van der Waals surface area contributed by atoms with Gasteiger partial charge < -0.3 is 14.8 Å². The van der Waals surface area contributed by atoms with Crippen molar-refractivity contribution in [3.05, 3.63) is 63.2 Å². The van der Waals surface area contributed by atoms with Crippen molar-refractivity contribution < 1.29 is 19.1 Å². The highest BCUT2D eigenvalue weighted by Crippen LogP contribution is 2.33. The minimum Gasteiger partial charge on any atom is -0.493 e. The molecular formula is C21H21ClIN3O4. The molecule has 0 bridgehead atoms. The van der Waals surface area contributed by atoms with Crippen LogP contribution in [0.2, 0.25) is 5.02 Å². The van der Waals surface area contributed by atoms with E-state index < -0.39 is 0 Å². The van der Waals surface area contributed by atoms with Crippen LogP contribution in [-0.2, 0) is 9.59 Å². The molecule has 0 aliphatic heterocycles. The van der Waals surface area contributed by atoms with E-state index in [1.807, 2.05) is 6.07 Å². The van der Waals surface area contributed by atoms with E-state index in [1.54, 1.807) is 43.5 Å². The first-order chi connectivity index (χ1) is 14.4. The van der Waals surface area contributed by atoms with E-state index in [0.29, 0.717) is 28.8 Å². The van der Waals surface area contributed by atoms with E-state index >= 15 is 0 Å². The van der Waals surface area contributed by atoms with Crippen LogP contribution >= 0.6 is 34.2 Å². The number of carbonyl (C=O) groups excluding carboxylic acids is 2. The summed E-state index contributed by atoms with van der Waals surface area (Å²) in [5.74, 6) is 0.505. The zero-order valence-corrected chi connectivity index (χ0v) is 19.2. The first-order valence-electron chi connectivity index (χ1n) is 8.91. The number of nitrogens with zero attached hydrogens (tertiary/aromatic N) is 1. The quantitative estimate of drug-likeness (QED) is 0.202. The largest absolute Gasteiger partial charge is 0.493 e. The number of amides is 2. The molecule has 9 heteroatoms. The molecule has 2 aromatic rings. The molecular weight excluding hydrogens is 521 g/mol. The molecule has 0 heterocycles. The van der Waals surface area contributed by atoms with Crippen LogP contribution in [0.5, 0.6) is 11.5 Å². The van der Waals surface area contributed by atoms with Crippen molar-refractivity contribution in [1.29, 1.82) is 0 Å². The fourth-order valence-corrected chi connectivity index (χ4v) is 3.32. The Morgan fingerprint density at radius 3 is 2.70 bits per heavy atom. The van der Waals surface area contributed by atoms with E-state index in [2.05, 4.69) is 45.0 Å². The molecule has 0 radical (unpaired) electrons. The molecule has 7 nitrogen and oxygen atoms in total. The van der Waals surface area contributed by atoms with Gasteiger partial charge in [-0.15, -0.1) is 0 Å². The molecule has 158 valence electrons. The van der Waals surface area contributed by atoms with Gasteiger partial charge in [0.15, 0.2) is 11.5 Å². The lowest BCUT2D eigenvalue weighted by Crippen LogP contribution is -2.20. The number of nitrogens with one attached hydrogen (secondary N) is 2. The second-order valence-corrected chi connectivity index (χ2v) is 7.58. The SMILES string of the molecule is C=CCOc1c(I)cc(C=NNC(=O)CCC(=O)Nc2cccc(Cl)c2)cc1OC. The molecule has 0 saturated carbocycles. The first-order valence-corrected chi connectivity index (χ1v) is 10.4. The van der Waals surface area contributed by atoms with Crippen molar-refractivity contribution in [3.63, 3.8) is 0 Å². The van der Waals surface area contributed by atoms with Gasteiger partial charge in [0.1, 0.15) is 6.61 Å². The zero-order chi connectivity index (χ0) is 21.9. The summed E-state index contributed by atoms with van der Waals surface area (Å²) < 4.78 is 11.8. The number of methoxy groups -OCH3 is 1. The number of hydrazone groups is 1. The van der Waals surface area contributed by atoms with Gasteiger partial charge in [-0.05, 0) is 58.5 Å². The fourth-order valence-electron chi connectivity index (χ4n) is 2.35. The molecule has 0 aromatic heterocycles. The molecule has 0 fully saturated rings. The molecule has 30 heavy (non-hydrogen) atoms. The van der Waals surface area contributed by atoms with Crippen molar-refractivity contribution in [2.45, 2.75) is 12.8 Å². The van der Waals surface area contributed by atoms with Gasteiger partial charge in [0, 0.05) is 23.6 Å². The lowest BCUT2D eigenvalue weighted by atomic mass is 10.2. The predicted octanol–water partition coefficient (Wildman–Crippen LogP) is 4.39. The van der Waals surface area contributed by atoms with E-state index in [4.69, 9.17) is 21.1 Å². The van der Waals surface area contributed by atoms with E-state index in [-0.39, 0.29) is 24.7 Å². The lowest BCUT2D eigenvalue weighted by molar-refractivity contribution is -0.124. The number of halogens is 2. The summed E-state index contributed by atoms with van der Waals surface area (Å²) in [4.78, 5) is 23.9. The number of rotatable bonds is 10. The average Bonchev–Trinajstić information content (AvgIpc) is 2.71. The number of benzene rings is 2. The van der Waals surface area contributed by atoms with Gasteiger partial charge >= 0.3 is 0 Å². The van der Waals surface area contributed by atoms with Gasteiger partial charge in [-0.3, -0.25) is 9.59 Å². The van der Waals surface area contributed by atoms with Crippen LogP contribution in [0.1, 0.15) is 18.4 Å². The molecule has 2 rings (SSSR count). The van der Waals surface area contributed by atoms with Gasteiger partial charge in [-0.1, -0.05) is 30.3 Å². The number of anilines is 1. The second kappa shape index (κ2) is 12.2. The monoisotopic (exact) mass is 541 g/mol. The van der Waals surface area contributed by atoms with Crippen LogP contribution in [0, 0.1) is 3.57 Å². The van der Waals surface area contributed by atoms with Crippen molar-refractivity contribution in [2.24, 2.45) is 5.10 Å². The molecule has 0 aliphatic carbocycles. The lowest BCUT2D eigenvalue weighted by Gasteiger charge is -2.12. The Hall–Kier alpha value is -2.59. The molecule has 0 atom stereocenters. The summed E-state index contributed by atoms with van der Waals surface area (Å²) in [6.45, 7) is 3.99. The van der Waals surface area contributed by atoms with Gasteiger partial charge in [-0.25, -0.2) is 5.43 Å². The zero-order valence-electron chi connectivity index (χ0n) is 16.3. The maximum Gasteiger partial charge on any atom is 0.240 e. The summed E-state index contributed by atoms with van der Waals surface area (Å²) in [5.41, 5.74) is 3.71. The number of carbonyl (C=O) groups is 2. The van der Waals surface area contributed by atoms with Crippen LogP contribution in [0.3, 0.4) is 0 Å². The number of hydrogen-bond donors (Lipinski definition) is 2. The van der Waals surface area contributed by atoms with Crippen LogP contribution in [0.4, 0.5) is 5.69 Å². The van der Waals surface area contributed by atoms with Gasteiger partial charge in [-0.2, -0.15) is 5.10 Å². The predicted molar refractivity (Wildman–Crippen MR) is 126 cm³/mol. The molecule has 2 N–H and O–H groups in total. The third-order valence-electron chi connectivity index (χ3n) is 3.69. The van der Waals surface area contributed by atoms with Crippen LogP contribution in [0.25, 0.3) is 0 Å². The maximum absolute atomic E-state index is 11.9. The molecule has 0 spiro atoms. The molecule has 0 aliphatic rings. The van der Waals surface area contributed by atoms with E-state index in [0.717, 1.165) is 9.13 Å². The Bertz CT molecular complexity index is 950. The van der Waals surface area contributed by atoms with E-state index in [9.17, 15) is 9.59 Å². The molecule has 0 saturated heterocycles. The third-order valence-corrected chi connectivity index (χ3v) is 4.72. The first kappa shape index (κ1) is 23.7. The Labute approximate surface area is 193 Å². The summed E-state index contributed by atoms with van der Waals surface area (Å²) in [6, 6.07) is 10.4. The molecule has 2 aromatic carbocycles. The highest BCUT2D eigenvalue weighted by atomic mass is 127. The third kappa shape index (κ3) is 7.68. The summed E-state index contributed by atoms with van der Waals surface area (Å²) in [5, 5.41) is 7.14. The normalized spacial score (nSPS) is 10.5. The van der Waals surface area contributed by atoms with Crippen molar-refractivity contribution in [1.82, 2.24) is 5.43 Å². The van der Waals surface area contributed by atoms with Crippen molar-refractivity contribution in [3.8, 4) is 11.5 Å². The Balaban J connectivity index is 1.85. The smallest absolute Gasteiger partial charge is 0.240 e. The van der Waals surface area contributed by atoms with Crippen molar-refractivity contribution in [2.75, 3.05) is 19.0 Å². The molecule has 0 unspecified atom stereocenters. The van der Waals surface area contributed by atoms with Crippen molar-refractivity contribution >= 4 is 57.9 Å². The highest BCUT2D eigenvalue weighted by molar-refractivity contribution is 14.1. The molecule has 2 amide bonds. The Morgan fingerprint density at radius 1 is 1.23 bits per heavy atom. The number of ether oxygens (including phenoxy) is 2. The van der Waals surface area contributed by atoms with Crippen LogP contribution < -0.4 is 20.2 Å². The summed E-state index contributed by atoms with van der Waals surface area (Å²) >= 11 is 8.00. The Kier molecular flexibility index (Phi) is 9.62. The minimum atomic E-state index is -0.375. The summed E-state index contributed by atoms with van der Waals surface area (Å²) in [7, 11) is 1.54. The van der Waals surface area contributed by atoms with E-state index in [1.165, 1.54) is 6.21 Å². The van der Waals surface area contributed by atoms with Gasteiger partial charge in [0.05, 0.1) is 16.9 Å². The van der Waals surface area contributed by atoms with Crippen LogP contribution in [0.15, 0.2) is 54.2 Å². The average molecular weight is 542 g/mol.